The predicted molar refractivity (Wildman–Crippen MR) is 132 cm³/mol. The van der Waals surface area contributed by atoms with Gasteiger partial charge in [-0.05, 0) is 43.0 Å². The number of fused-ring (bicyclic) bond motifs is 3. The molecular weight excluding hydrogens is 464 g/mol. The topological polar surface area (TPSA) is 60.3 Å². The highest BCUT2D eigenvalue weighted by molar-refractivity contribution is 7.99. The van der Waals surface area contributed by atoms with Gasteiger partial charge < -0.3 is 14.6 Å². The summed E-state index contributed by atoms with van der Waals surface area (Å²) in [6.07, 6.45) is 1.27. The summed E-state index contributed by atoms with van der Waals surface area (Å²) in [7, 11) is 1.60. The van der Waals surface area contributed by atoms with Gasteiger partial charge in [-0.25, -0.2) is 0 Å². The predicted octanol–water partition coefficient (Wildman–Crippen LogP) is 5.41. The molecule has 0 aliphatic carbocycles. The lowest BCUT2D eigenvalue weighted by molar-refractivity contribution is 0.0892. The van der Waals surface area contributed by atoms with Crippen LogP contribution in [0.4, 0.5) is 0 Å². The van der Waals surface area contributed by atoms with E-state index in [2.05, 4.69) is 11.4 Å². The first kappa shape index (κ1) is 23.1. The zero-order chi connectivity index (χ0) is 22.8. The summed E-state index contributed by atoms with van der Waals surface area (Å²) < 4.78 is 7.27. The molecule has 4 rings (SSSR count). The Balaban J connectivity index is 1.91. The van der Waals surface area contributed by atoms with Crippen LogP contribution in [0.2, 0.25) is 5.02 Å². The monoisotopic (exact) mass is 488 g/mol. The van der Waals surface area contributed by atoms with Gasteiger partial charge in [0.05, 0.1) is 18.3 Å². The first-order chi connectivity index (χ1) is 15.4. The van der Waals surface area contributed by atoms with Gasteiger partial charge in [0.2, 0.25) is 0 Å². The molecule has 0 saturated carbocycles. The molecule has 1 aliphatic heterocycles. The van der Waals surface area contributed by atoms with Gasteiger partial charge in [0.25, 0.3) is 5.91 Å². The molecule has 0 saturated heterocycles. The fraction of sp³-hybridized carbons (Fsp3) is 0.333. The lowest BCUT2D eigenvalue weighted by Crippen LogP contribution is -2.41. The first-order valence-electron chi connectivity index (χ1n) is 10.5. The Hall–Kier alpha value is -2.06. The third-order valence-electron chi connectivity index (χ3n) is 5.59. The third-order valence-corrected chi connectivity index (χ3v) is 8.25. The highest BCUT2D eigenvalue weighted by atomic mass is 35.5. The molecule has 2 aromatic heterocycles. The minimum Gasteiger partial charge on any atom is -0.383 e. The maximum Gasteiger partial charge on any atom is 0.257 e. The van der Waals surface area contributed by atoms with E-state index in [0.29, 0.717) is 24.5 Å². The average Bonchev–Trinajstić information content (AvgIpc) is 3.23. The SMILES string of the molecule is CCC(COC)NC(=O)c1c2n(c(C)cc1=O)-c1ccc(Cl)cc1SC(c1cccs1)C2. The van der Waals surface area contributed by atoms with Crippen molar-refractivity contribution in [3.63, 3.8) is 0 Å². The van der Waals surface area contributed by atoms with Crippen molar-refractivity contribution < 1.29 is 9.53 Å². The van der Waals surface area contributed by atoms with E-state index in [0.717, 1.165) is 22.0 Å². The molecule has 1 aliphatic rings. The maximum absolute atomic E-state index is 13.4. The van der Waals surface area contributed by atoms with Crippen molar-refractivity contribution in [1.82, 2.24) is 9.88 Å². The van der Waals surface area contributed by atoms with Gasteiger partial charge in [-0.2, -0.15) is 0 Å². The Kier molecular flexibility index (Phi) is 7.10. The fourth-order valence-corrected chi connectivity index (χ4v) is 6.53. The number of nitrogens with one attached hydrogen (secondary N) is 1. The van der Waals surface area contributed by atoms with Crippen LogP contribution in [0.5, 0.6) is 0 Å². The number of halogens is 1. The van der Waals surface area contributed by atoms with Crippen molar-refractivity contribution >= 4 is 40.6 Å². The Bertz CT molecular complexity index is 1190. The van der Waals surface area contributed by atoms with Crippen molar-refractivity contribution in [1.29, 1.82) is 0 Å². The van der Waals surface area contributed by atoms with Gasteiger partial charge in [-0.1, -0.05) is 24.6 Å². The minimum atomic E-state index is -0.352. The zero-order valence-electron chi connectivity index (χ0n) is 18.2. The van der Waals surface area contributed by atoms with E-state index < -0.39 is 0 Å². The van der Waals surface area contributed by atoms with E-state index in [4.69, 9.17) is 16.3 Å². The second-order valence-electron chi connectivity index (χ2n) is 7.78. The number of hydrogen-bond donors (Lipinski definition) is 1. The van der Waals surface area contributed by atoms with Crippen LogP contribution in [0.3, 0.4) is 0 Å². The van der Waals surface area contributed by atoms with Crippen LogP contribution in [0.1, 0.15) is 45.2 Å². The summed E-state index contributed by atoms with van der Waals surface area (Å²) in [6.45, 7) is 4.28. The van der Waals surface area contributed by atoms with Crippen LogP contribution < -0.4 is 10.7 Å². The largest absolute Gasteiger partial charge is 0.383 e. The number of carbonyl (C=O) groups excluding carboxylic acids is 1. The number of aryl methyl sites for hydroxylation is 1. The quantitative estimate of drug-likeness (QED) is 0.504. The van der Waals surface area contributed by atoms with Crippen molar-refractivity contribution in [3.05, 3.63) is 78.9 Å². The minimum absolute atomic E-state index is 0.0645. The van der Waals surface area contributed by atoms with Gasteiger partial charge >= 0.3 is 0 Å². The molecule has 168 valence electrons. The molecule has 1 N–H and O–H groups in total. The summed E-state index contributed by atoms with van der Waals surface area (Å²) >= 11 is 9.73. The van der Waals surface area contributed by atoms with E-state index in [-0.39, 0.29) is 28.2 Å². The molecule has 1 amide bonds. The second kappa shape index (κ2) is 9.83. The molecule has 1 aromatic carbocycles. The number of ether oxygens (including phenoxy) is 1. The first-order valence-corrected chi connectivity index (χ1v) is 12.6. The number of thioether (sulfide) groups is 1. The summed E-state index contributed by atoms with van der Waals surface area (Å²) in [5.41, 5.74) is 2.40. The van der Waals surface area contributed by atoms with Gasteiger partial charge in [0.1, 0.15) is 5.56 Å². The van der Waals surface area contributed by atoms with Crippen LogP contribution in [-0.2, 0) is 11.2 Å². The number of aromatic nitrogens is 1. The summed E-state index contributed by atoms with van der Waals surface area (Å²) in [6, 6.07) is 11.3. The number of pyridine rings is 1. The van der Waals surface area contributed by atoms with Gasteiger partial charge in [-0.3, -0.25) is 9.59 Å². The molecule has 5 nitrogen and oxygen atoms in total. The van der Waals surface area contributed by atoms with Crippen LogP contribution in [0, 0.1) is 6.92 Å². The Morgan fingerprint density at radius 1 is 1.34 bits per heavy atom. The normalized spacial score (nSPS) is 16.1. The van der Waals surface area contributed by atoms with Gasteiger partial charge in [-0.15, -0.1) is 23.1 Å². The van der Waals surface area contributed by atoms with E-state index in [1.54, 1.807) is 36.3 Å². The Morgan fingerprint density at radius 3 is 2.84 bits per heavy atom. The number of hydrogen-bond acceptors (Lipinski definition) is 5. The van der Waals surface area contributed by atoms with E-state index in [1.807, 2.05) is 48.1 Å². The Morgan fingerprint density at radius 2 is 2.16 bits per heavy atom. The summed E-state index contributed by atoms with van der Waals surface area (Å²) in [5, 5.41) is 5.77. The molecule has 3 aromatic rings. The molecule has 2 unspecified atom stereocenters. The van der Waals surface area contributed by atoms with Crippen molar-refractivity contribution in [2.75, 3.05) is 13.7 Å². The van der Waals surface area contributed by atoms with Crippen LogP contribution in [-0.4, -0.2) is 30.2 Å². The number of thiophene rings is 1. The smallest absolute Gasteiger partial charge is 0.257 e. The highest BCUT2D eigenvalue weighted by Crippen LogP contribution is 2.46. The molecule has 0 fully saturated rings. The molecule has 0 spiro atoms. The van der Waals surface area contributed by atoms with E-state index in [1.165, 1.54) is 4.88 Å². The average molecular weight is 489 g/mol. The maximum atomic E-state index is 13.4. The Labute approximate surface area is 200 Å². The highest BCUT2D eigenvalue weighted by Gasteiger charge is 2.30. The van der Waals surface area contributed by atoms with Gasteiger partial charge in [0, 0.05) is 51.0 Å². The van der Waals surface area contributed by atoms with Crippen LogP contribution in [0.15, 0.2) is 51.5 Å². The number of amides is 1. The summed E-state index contributed by atoms with van der Waals surface area (Å²) in [5.74, 6) is -0.352. The molecule has 0 radical (unpaired) electrons. The van der Waals surface area contributed by atoms with Crippen molar-refractivity contribution in [2.45, 2.75) is 42.9 Å². The number of carbonyl (C=O) groups is 1. The molecule has 32 heavy (non-hydrogen) atoms. The molecule has 3 heterocycles. The van der Waals surface area contributed by atoms with E-state index in [9.17, 15) is 9.59 Å². The molecular formula is C24H25ClN2O3S2. The number of benzene rings is 1. The zero-order valence-corrected chi connectivity index (χ0v) is 20.6. The molecule has 0 bridgehead atoms. The third kappa shape index (κ3) is 4.53. The van der Waals surface area contributed by atoms with Crippen LogP contribution >= 0.6 is 34.7 Å². The molecule has 2 atom stereocenters. The molecule has 8 heteroatoms. The lowest BCUT2D eigenvalue weighted by Gasteiger charge is -2.21. The number of methoxy groups -OCH3 is 1. The van der Waals surface area contributed by atoms with Crippen molar-refractivity contribution in [2.24, 2.45) is 0 Å². The second-order valence-corrected chi connectivity index (χ2v) is 10.4. The number of nitrogens with zero attached hydrogens (tertiary/aromatic N) is 1. The van der Waals surface area contributed by atoms with Crippen LogP contribution in [0.25, 0.3) is 5.69 Å². The van der Waals surface area contributed by atoms with Crippen molar-refractivity contribution in [3.8, 4) is 5.69 Å². The van der Waals surface area contributed by atoms with Gasteiger partial charge in [0.15, 0.2) is 5.43 Å². The summed E-state index contributed by atoms with van der Waals surface area (Å²) in [4.78, 5) is 28.7. The standard InChI is InChI=1S/C24H25ClN2O3S2/c1-4-16(13-30-3)26-24(29)23-18-12-22(20-6-5-9-31-20)32-21-11-15(25)7-8-17(21)27(18)14(2)10-19(23)28/h5-11,16,22H,4,12-13H2,1-3H3,(H,26,29). The number of rotatable bonds is 6. The fourth-order valence-electron chi connectivity index (χ4n) is 4.06. The van der Waals surface area contributed by atoms with E-state index >= 15 is 0 Å². The lowest BCUT2D eigenvalue weighted by atomic mass is 10.0.